The van der Waals surface area contributed by atoms with E-state index in [1.165, 1.54) is 143 Å². The number of quaternary nitrogens is 3. The molecular formula is C48H108Br2ClN3. The number of hydrogen-bond acceptors (Lipinski definition) is 0. The monoisotopic (exact) mass is 920 g/mol. The van der Waals surface area contributed by atoms with Gasteiger partial charge in [0, 0.05) is 47.3 Å². The molecule has 0 aromatic rings. The van der Waals surface area contributed by atoms with Crippen LogP contribution >= 0.6 is 0 Å². The first-order valence-electron chi connectivity index (χ1n) is 23.1. The van der Waals surface area contributed by atoms with Crippen molar-refractivity contribution >= 4 is 0 Å². The summed E-state index contributed by atoms with van der Waals surface area (Å²) in [6.45, 7) is 63.7. The van der Waals surface area contributed by atoms with Crippen LogP contribution in [0.5, 0.6) is 0 Å². The summed E-state index contributed by atoms with van der Waals surface area (Å²) in [5.74, 6) is 6.38. The van der Waals surface area contributed by atoms with Gasteiger partial charge in [0.25, 0.3) is 0 Å². The molecule has 0 aliphatic heterocycles. The van der Waals surface area contributed by atoms with E-state index in [1.54, 1.807) is 0 Å². The number of halogens is 3. The average Bonchev–Trinajstić information content (AvgIpc) is 2.93. The Labute approximate surface area is 373 Å². The molecule has 0 aromatic carbocycles. The van der Waals surface area contributed by atoms with Gasteiger partial charge in [-0.2, -0.15) is 0 Å². The third-order valence-electron chi connectivity index (χ3n) is 9.96. The molecule has 0 radical (unpaired) electrons. The van der Waals surface area contributed by atoms with E-state index in [9.17, 15) is 0 Å². The van der Waals surface area contributed by atoms with Gasteiger partial charge in [-0.05, 0) is 25.7 Å². The quantitative estimate of drug-likeness (QED) is 0.0985. The molecular weight excluding hydrogens is 814 g/mol. The summed E-state index contributed by atoms with van der Waals surface area (Å²) < 4.78 is 4.07. The summed E-state index contributed by atoms with van der Waals surface area (Å²) in [6, 6.07) is 0. The van der Waals surface area contributed by atoms with E-state index in [2.05, 4.69) is 138 Å². The Hall–Kier alpha value is 1.13. The van der Waals surface area contributed by atoms with E-state index >= 15 is 0 Å². The van der Waals surface area contributed by atoms with Gasteiger partial charge < -0.3 is 59.8 Å². The molecule has 6 heteroatoms. The lowest BCUT2D eigenvalue weighted by molar-refractivity contribution is -0.938. The van der Waals surface area contributed by atoms with E-state index in [0.29, 0.717) is 0 Å². The van der Waals surface area contributed by atoms with Crippen molar-refractivity contribution in [3.05, 3.63) is 0 Å². The van der Waals surface area contributed by atoms with Gasteiger partial charge >= 0.3 is 0 Å². The third-order valence-corrected chi connectivity index (χ3v) is 9.96. The summed E-state index contributed by atoms with van der Waals surface area (Å²) >= 11 is 0. The Balaban J connectivity index is -0.000000156. The topological polar surface area (TPSA) is 0 Å². The summed E-state index contributed by atoms with van der Waals surface area (Å²) in [6.07, 6.45) is 11.1. The fourth-order valence-corrected chi connectivity index (χ4v) is 9.74. The van der Waals surface area contributed by atoms with E-state index in [0.717, 1.165) is 47.3 Å². The van der Waals surface area contributed by atoms with Crippen LogP contribution in [0.15, 0.2) is 0 Å². The predicted molar refractivity (Wildman–Crippen MR) is 238 cm³/mol. The standard InChI is InChI=1S/3C16H36N.2BrH.ClH/c2*1-13(2)9-17(10-14(3)4,11-15(5)6)12-16(7)8;1-5-9-13-17(14-10-6-2,15-11-7-3)16-12-8-4;;;/h2*13-16H,9-12H2,1-8H3;5-16H2,1-4H3;3*1H/q3*+1;;;/p-3. The maximum Gasteiger partial charge on any atom is 0.0810 e. The summed E-state index contributed by atoms with van der Waals surface area (Å²) in [4.78, 5) is 0. The Morgan fingerprint density at radius 1 is 0.259 bits per heavy atom. The Kier molecular flexibility index (Phi) is 47.5. The Morgan fingerprint density at radius 2 is 0.389 bits per heavy atom. The highest BCUT2D eigenvalue weighted by Gasteiger charge is 2.32. The van der Waals surface area contributed by atoms with Crippen LogP contribution < -0.4 is 46.4 Å². The lowest BCUT2D eigenvalue weighted by Crippen LogP contribution is -3.00. The van der Waals surface area contributed by atoms with Crippen molar-refractivity contribution in [1.82, 2.24) is 0 Å². The highest BCUT2D eigenvalue weighted by molar-refractivity contribution is 4.59. The van der Waals surface area contributed by atoms with Gasteiger partial charge in [-0.1, -0.05) is 164 Å². The Morgan fingerprint density at radius 3 is 0.481 bits per heavy atom. The molecule has 54 heavy (non-hydrogen) atoms. The average molecular weight is 923 g/mol. The first-order valence-corrected chi connectivity index (χ1v) is 23.1. The lowest BCUT2D eigenvalue weighted by atomic mass is 10.0. The van der Waals surface area contributed by atoms with Gasteiger partial charge in [0.15, 0.2) is 0 Å². The number of unbranched alkanes of at least 4 members (excludes halogenated alkanes) is 4. The van der Waals surface area contributed by atoms with Crippen molar-refractivity contribution in [2.75, 3.05) is 78.5 Å². The molecule has 0 fully saturated rings. The van der Waals surface area contributed by atoms with Gasteiger partial charge in [0.05, 0.1) is 78.5 Å². The molecule has 0 saturated carbocycles. The van der Waals surface area contributed by atoms with Crippen LogP contribution in [0.25, 0.3) is 0 Å². The van der Waals surface area contributed by atoms with Gasteiger partial charge in [-0.15, -0.1) is 0 Å². The molecule has 0 amide bonds. The smallest absolute Gasteiger partial charge is 0.0810 e. The van der Waals surface area contributed by atoms with Gasteiger partial charge in [0.2, 0.25) is 0 Å². The minimum absolute atomic E-state index is 0. The fraction of sp³-hybridized carbons (Fsp3) is 1.00. The Bertz CT molecular complexity index is 580. The van der Waals surface area contributed by atoms with Gasteiger partial charge in [-0.25, -0.2) is 0 Å². The van der Waals surface area contributed by atoms with Crippen molar-refractivity contribution < 1.29 is 59.8 Å². The summed E-state index contributed by atoms with van der Waals surface area (Å²) in [5, 5.41) is 0. The maximum absolute atomic E-state index is 2.37. The van der Waals surface area contributed by atoms with Crippen LogP contribution in [0.3, 0.4) is 0 Å². The minimum atomic E-state index is 0. The third kappa shape index (κ3) is 38.6. The molecule has 0 heterocycles. The van der Waals surface area contributed by atoms with Gasteiger partial charge in [0.1, 0.15) is 0 Å². The van der Waals surface area contributed by atoms with Crippen molar-refractivity contribution in [2.45, 2.75) is 190 Å². The first-order chi connectivity index (χ1) is 23.6. The second kappa shape index (κ2) is 38.3. The largest absolute Gasteiger partial charge is 1.00 e. The van der Waals surface area contributed by atoms with Crippen LogP contribution in [0.4, 0.5) is 0 Å². The molecule has 0 bridgehead atoms. The zero-order valence-electron chi connectivity index (χ0n) is 41.2. The second-order valence-corrected chi connectivity index (χ2v) is 20.9. The van der Waals surface area contributed by atoms with E-state index < -0.39 is 0 Å². The molecule has 0 unspecified atom stereocenters. The van der Waals surface area contributed by atoms with Crippen molar-refractivity contribution in [2.24, 2.45) is 47.3 Å². The van der Waals surface area contributed by atoms with Crippen LogP contribution in [0, 0.1) is 47.3 Å². The highest BCUT2D eigenvalue weighted by Crippen LogP contribution is 2.23. The van der Waals surface area contributed by atoms with Crippen molar-refractivity contribution in [3.63, 3.8) is 0 Å². The number of rotatable bonds is 28. The molecule has 0 saturated heterocycles. The van der Waals surface area contributed by atoms with Crippen LogP contribution in [0.1, 0.15) is 190 Å². The van der Waals surface area contributed by atoms with Crippen LogP contribution in [-0.4, -0.2) is 92.0 Å². The molecule has 0 aliphatic carbocycles. The van der Waals surface area contributed by atoms with Gasteiger partial charge in [-0.3, -0.25) is 0 Å². The SMILES string of the molecule is CC(C)C[N+](CC(C)C)(CC(C)C)CC(C)C.CC(C)C[N+](CC(C)C)(CC(C)C)CC(C)C.CCCC[N+](CCCC)(CCCC)CCCC.[Br-].[Br-].[Cl-]. The van der Waals surface area contributed by atoms with E-state index in [-0.39, 0.29) is 46.4 Å². The number of hydrogen-bond donors (Lipinski definition) is 0. The molecule has 0 aliphatic rings. The minimum Gasteiger partial charge on any atom is -1.00 e. The predicted octanol–water partition coefficient (Wildman–Crippen LogP) is 4.87. The maximum atomic E-state index is 2.37. The molecule has 0 rings (SSSR count). The summed E-state index contributed by atoms with van der Waals surface area (Å²) in [5.41, 5.74) is 0. The van der Waals surface area contributed by atoms with Crippen molar-refractivity contribution in [3.8, 4) is 0 Å². The summed E-state index contributed by atoms with van der Waals surface area (Å²) in [7, 11) is 0. The molecule has 0 N–H and O–H groups in total. The molecule has 336 valence electrons. The zero-order valence-corrected chi connectivity index (χ0v) is 45.2. The lowest BCUT2D eigenvalue weighted by Gasteiger charge is -2.44. The zero-order chi connectivity index (χ0) is 40.3. The highest BCUT2D eigenvalue weighted by atomic mass is 79.9. The van der Waals surface area contributed by atoms with E-state index in [1.807, 2.05) is 0 Å². The second-order valence-electron chi connectivity index (χ2n) is 20.9. The molecule has 0 spiro atoms. The molecule has 0 aromatic heterocycles. The van der Waals surface area contributed by atoms with Crippen LogP contribution in [0.2, 0.25) is 0 Å². The first kappa shape index (κ1) is 66.9. The van der Waals surface area contributed by atoms with Crippen LogP contribution in [-0.2, 0) is 0 Å². The molecule has 3 nitrogen and oxygen atoms in total. The normalized spacial score (nSPS) is 12.2. The van der Waals surface area contributed by atoms with E-state index in [4.69, 9.17) is 0 Å². The van der Waals surface area contributed by atoms with Crippen molar-refractivity contribution in [1.29, 1.82) is 0 Å². The fourth-order valence-electron chi connectivity index (χ4n) is 9.74. The number of nitrogens with zero attached hydrogens (tertiary/aromatic N) is 3. The molecule has 0 atom stereocenters.